The third kappa shape index (κ3) is 3.61. The molecule has 9 heavy (non-hydrogen) atoms. The molecule has 0 bridgehead atoms. The van der Waals surface area contributed by atoms with E-state index in [9.17, 15) is 0 Å². The minimum atomic E-state index is 0.549. The van der Waals surface area contributed by atoms with E-state index in [-0.39, 0.29) is 0 Å². The van der Waals surface area contributed by atoms with Crippen LogP contribution in [0.1, 0.15) is 0 Å². The summed E-state index contributed by atoms with van der Waals surface area (Å²) >= 11 is 0. The molecule has 0 aromatic rings. The van der Waals surface area contributed by atoms with Crippen molar-refractivity contribution in [3.63, 3.8) is 0 Å². The zero-order valence-corrected chi connectivity index (χ0v) is 5.96. The number of nitrogens with two attached hydrogens (primary N) is 2. The molecule has 0 heterocycles. The molecule has 0 aromatic heterocycles. The van der Waals surface area contributed by atoms with Gasteiger partial charge in [0.15, 0.2) is 0 Å². The molecule has 0 fully saturated rings. The van der Waals surface area contributed by atoms with Crippen LogP contribution in [0.15, 0.2) is 24.8 Å². The molecule has 0 aliphatic rings. The summed E-state index contributed by atoms with van der Waals surface area (Å²) in [4.78, 5) is 1.75. The van der Waals surface area contributed by atoms with Gasteiger partial charge in [0, 0.05) is 7.05 Å². The van der Waals surface area contributed by atoms with Crippen LogP contribution in [0.3, 0.4) is 0 Å². The molecule has 0 saturated heterocycles. The molecule has 0 spiro atoms. The van der Waals surface area contributed by atoms with E-state index in [1.165, 1.54) is 0 Å². The second-order valence-electron chi connectivity index (χ2n) is 1.78. The Morgan fingerprint density at radius 2 is 2.33 bits per heavy atom. The number of nitrogens with zero attached hydrogens (tertiary/aromatic N) is 1. The predicted octanol–water partition coefficient (Wildman–Crippen LogP) is -0.987. The Kier molecular flexibility index (Phi) is 3.55. The molecule has 0 unspecified atom stereocenters. The first-order valence-electron chi connectivity index (χ1n) is 2.82. The van der Waals surface area contributed by atoms with Gasteiger partial charge >= 0.3 is 0 Å². The summed E-state index contributed by atoms with van der Waals surface area (Å²) in [6.07, 6.45) is 3.75. The normalized spacial score (nSPS) is 10.0. The smallest absolute Gasteiger partial charge is 0.109 e. The van der Waals surface area contributed by atoms with Crippen LogP contribution in [-0.4, -0.2) is 19.0 Å². The zero-order valence-electron chi connectivity index (χ0n) is 5.96. The summed E-state index contributed by atoms with van der Waals surface area (Å²) in [6.45, 7) is 3.55. The molecule has 0 rings (SSSR count). The second kappa shape index (κ2) is 3.97. The van der Waals surface area contributed by atoms with Crippen LogP contribution in [0.5, 0.6) is 0 Å². The number of quaternary nitrogens is 1. The van der Waals surface area contributed by atoms with Crippen LogP contribution >= 0.6 is 0 Å². The van der Waals surface area contributed by atoms with E-state index in [0.29, 0.717) is 5.82 Å². The van der Waals surface area contributed by atoms with Crippen LogP contribution < -0.4 is 11.1 Å². The molecule has 0 radical (unpaired) electrons. The topological polar surface area (TPSA) is 45.9 Å². The van der Waals surface area contributed by atoms with Gasteiger partial charge in [-0.1, -0.05) is 6.58 Å². The van der Waals surface area contributed by atoms with Gasteiger partial charge in [-0.05, 0) is 0 Å². The number of rotatable bonds is 3. The summed E-state index contributed by atoms with van der Waals surface area (Å²) in [5, 5.41) is 1.93. The Balaban J connectivity index is 3.62. The van der Waals surface area contributed by atoms with Crippen LogP contribution in [0.4, 0.5) is 0 Å². The number of hydrogen-bond donors (Lipinski definition) is 2. The van der Waals surface area contributed by atoms with E-state index in [1.807, 2.05) is 31.8 Å². The summed E-state index contributed by atoms with van der Waals surface area (Å²) in [5.74, 6) is 0.549. The van der Waals surface area contributed by atoms with Crippen molar-refractivity contribution in [2.75, 3.05) is 14.1 Å². The van der Waals surface area contributed by atoms with E-state index in [1.54, 1.807) is 4.90 Å². The van der Waals surface area contributed by atoms with Gasteiger partial charge in [0.25, 0.3) is 0 Å². The lowest BCUT2D eigenvalue weighted by Gasteiger charge is -2.09. The van der Waals surface area contributed by atoms with E-state index >= 15 is 0 Å². The van der Waals surface area contributed by atoms with E-state index < -0.39 is 0 Å². The maximum absolute atomic E-state index is 5.34. The summed E-state index contributed by atoms with van der Waals surface area (Å²) in [7, 11) is 3.80. The molecule has 0 saturated carbocycles. The minimum absolute atomic E-state index is 0.549. The van der Waals surface area contributed by atoms with Gasteiger partial charge in [-0.3, -0.25) is 0 Å². The molecule has 0 aliphatic carbocycles. The highest BCUT2D eigenvalue weighted by molar-refractivity contribution is 4.90. The average molecular weight is 128 g/mol. The van der Waals surface area contributed by atoms with Crippen LogP contribution in [0.25, 0.3) is 0 Å². The van der Waals surface area contributed by atoms with Gasteiger partial charge in [0.2, 0.25) is 0 Å². The van der Waals surface area contributed by atoms with Crippen molar-refractivity contribution in [1.82, 2.24) is 4.90 Å². The Morgan fingerprint density at radius 3 is 2.67 bits per heavy atom. The van der Waals surface area contributed by atoms with Crippen molar-refractivity contribution in [3.8, 4) is 0 Å². The first-order chi connectivity index (χ1) is 4.18. The van der Waals surface area contributed by atoms with Gasteiger partial charge in [-0.2, -0.15) is 0 Å². The van der Waals surface area contributed by atoms with Crippen molar-refractivity contribution < 1.29 is 5.32 Å². The number of hydrogen-bond acceptors (Lipinski definition) is 2. The SMILES string of the molecule is C=C(N)N(C)C=C[NH2+]C. The fraction of sp³-hybridized carbons (Fsp3) is 0.333. The molecule has 3 nitrogen and oxygen atoms in total. The van der Waals surface area contributed by atoms with Crippen LogP contribution in [0.2, 0.25) is 0 Å². The minimum Gasteiger partial charge on any atom is -0.386 e. The van der Waals surface area contributed by atoms with Crippen molar-refractivity contribution in [2.24, 2.45) is 5.73 Å². The standard InChI is InChI=1S/C6H13N3/c1-6(7)9(3)5-4-8-2/h4-5,8H,1,7H2,2-3H3/p+1. The summed E-state index contributed by atoms with van der Waals surface area (Å²) in [6, 6.07) is 0. The van der Waals surface area contributed by atoms with Crippen molar-refractivity contribution in [2.45, 2.75) is 0 Å². The van der Waals surface area contributed by atoms with Gasteiger partial charge < -0.3 is 16.0 Å². The van der Waals surface area contributed by atoms with Gasteiger partial charge in [-0.15, -0.1) is 0 Å². The molecule has 0 aliphatic heterocycles. The molecule has 0 atom stereocenters. The fourth-order valence-electron chi connectivity index (χ4n) is 0.311. The lowest BCUT2D eigenvalue weighted by Crippen LogP contribution is -2.72. The van der Waals surface area contributed by atoms with Crippen molar-refractivity contribution >= 4 is 0 Å². The highest BCUT2D eigenvalue weighted by atomic mass is 15.2. The summed E-state index contributed by atoms with van der Waals surface area (Å²) < 4.78 is 0. The quantitative estimate of drug-likeness (QED) is 0.513. The third-order valence-corrected chi connectivity index (χ3v) is 0.955. The van der Waals surface area contributed by atoms with Gasteiger partial charge in [-0.25, -0.2) is 0 Å². The van der Waals surface area contributed by atoms with Gasteiger partial charge in [0.1, 0.15) is 6.20 Å². The van der Waals surface area contributed by atoms with Crippen molar-refractivity contribution in [3.05, 3.63) is 24.8 Å². The molecule has 0 aromatic carbocycles. The monoisotopic (exact) mass is 128 g/mol. The fourth-order valence-corrected chi connectivity index (χ4v) is 0.311. The Hall–Kier alpha value is -0.960. The molecule has 52 valence electrons. The van der Waals surface area contributed by atoms with E-state index in [0.717, 1.165) is 0 Å². The molecular weight excluding hydrogens is 114 g/mol. The third-order valence-electron chi connectivity index (χ3n) is 0.955. The van der Waals surface area contributed by atoms with Crippen molar-refractivity contribution in [1.29, 1.82) is 0 Å². The van der Waals surface area contributed by atoms with Gasteiger partial charge in [0.05, 0.1) is 19.1 Å². The molecule has 3 heteroatoms. The highest BCUT2D eigenvalue weighted by Gasteiger charge is 1.87. The Morgan fingerprint density at radius 1 is 1.78 bits per heavy atom. The van der Waals surface area contributed by atoms with Crippen LogP contribution in [-0.2, 0) is 0 Å². The molecule has 0 amide bonds. The first kappa shape index (κ1) is 8.04. The zero-order chi connectivity index (χ0) is 7.28. The maximum Gasteiger partial charge on any atom is 0.109 e. The molecule has 4 N–H and O–H groups in total. The van der Waals surface area contributed by atoms with E-state index in [4.69, 9.17) is 5.73 Å². The summed E-state index contributed by atoms with van der Waals surface area (Å²) in [5.41, 5.74) is 5.34. The average Bonchev–Trinajstić information content (AvgIpc) is 1.82. The lowest BCUT2D eigenvalue weighted by atomic mass is 10.7. The first-order valence-corrected chi connectivity index (χ1v) is 2.82. The largest absolute Gasteiger partial charge is 0.386 e. The highest BCUT2D eigenvalue weighted by Crippen LogP contribution is 1.86. The maximum atomic E-state index is 5.34. The molecular formula is C6H14N3+. The Bertz CT molecular complexity index is 117. The Labute approximate surface area is 55.8 Å². The van der Waals surface area contributed by atoms with E-state index in [2.05, 4.69) is 6.58 Å². The van der Waals surface area contributed by atoms with Crippen LogP contribution in [0, 0.1) is 0 Å². The lowest BCUT2D eigenvalue weighted by molar-refractivity contribution is -0.557. The predicted molar refractivity (Wildman–Crippen MR) is 38.1 cm³/mol. The second-order valence-corrected chi connectivity index (χ2v) is 1.78.